The summed E-state index contributed by atoms with van der Waals surface area (Å²) in [5.41, 5.74) is 0.873. The van der Waals surface area contributed by atoms with Crippen molar-refractivity contribution in [2.24, 2.45) is 0 Å². The first kappa shape index (κ1) is 14.8. The van der Waals surface area contributed by atoms with E-state index in [1.807, 2.05) is 13.8 Å². The monoisotopic (exact) mass is 274 g/mol. The molecule has 1 aromatic rings. The summed E-state index contributed by atoms with van der Waals surface area (Å²) >= 11 is -2.05. The fraction of sp³-hybridized carbons (Fsp3) is 0.417. The van der Waals surface area contributed by atoms with Crippen LogP contribution in [0.5, 0.6) is 0 Å². The third kappa shape index (κ3) is 3.36. The topological polar surface area (TPSA) is 63.6 Å². The number of benzene rings is 1. The van der Waals surface area contributed by atoms with E-state index in [1.165, 1.54) is 12.1 Å². The number of carbonyl (C=O) groups excluding carboxylic acids is 1. The minimum absolute atomic E-state index is 0.00949. The maximum Gasteiger partial charge on any atom is 0.340 e. The van der Waals surface area contributed by atoms with Gasteiger partial charge in [-0.25, -0.2) is 13.4 Å². The van der Waals surface area contributed by atoms with Gasteiger partial charge in [-0.05, 0) is 29.2 Å². The molecule has 18 heavy (non-hydrogen) atoms. The summed E-state index contributed by atoms with van der Waals surface area (Å²) in [5, 5.41) is 0. The molecule has 1 atom stereocenters. The molecule has 1 aromatic carbocycles. The van der Waals surface area contributed by atoms with Crippen LogP contribution in [0.25, 0.3) is 0 Å². The maximum absolute atomic E-state index is 13.7. The molecule has 0 aliphatic heterocycles. The molecule has 100 valence electrons. The van der Waals surface area contributed by atoms with E-state index in [0.717, 1.165) is 7.11 Å². The van der Waals surface area contributed by atoms with E-state index >= 15 is 0 Å². The van der Waals surface area contributed by atoms with Crippen LogP contribution in [0.4, 0.5) is 4.39 Å². The Kier molecular flexibility index (Phi) is 4.98. The third-order valence-corrected chi connectivity index (χ3v) is 3.09. The minimum atomic E-state index is -2.05. The second kappa shape index (κ2) is 6.06. The lowest BCUT2D eigenvalue weighted by Gasteiger charge is -2.13. The van der Waals surface area contributed by atoms with E-state index < -0.39 is 22.9 Å². The third-order valence-electron chi connectivity index (χ3n) is 2.54. The molecular formula is C12H15FO4S. The van der Waals surface area contributed by atoms with Crippen LogP contribution in [-0.4, -0.2) is 21.8 Å². The van der Waals surface area contributed by atoms with Crippen LogP contribution in [0.3, 0.4) is 0 Å². The van der Waals surface area contributed by atoms with Crippen LogP contribution in [0, 0.1) is 5.82 Å². The Bertz CT molecular complexity index is 485. The van der Waals surface area contributed by atoms with E-state index in [-0.39, 0.29) is 17.2 Å². The molecule has 0 saturated heterocycles. The molecule has 0 radical (unpaired) electrons. The molecule has 0 fully saturated rings. The number of carbonyl (C=O) groups is 1. The van der Waals surface area contributed by atoms with E-state index in [0.29, 0.717) is 11.1 Å². The van der Waals surface area contributed by atoms with Crippen molar-refractivity contribution in [2.45, 2.75) is 25.5 Å². The Morgan fingerprint density at radius 1 is 1.50 bits per heavy atom. The quantitative estimate of drug-likeness (QED) is 0.676. The van der Waals surface area contributed by atoms with Gasteiger partial charge >= 0.3 is 5.97 Å². The van der Waals surface area contributed by atoms with Gasteiger partial charge in [-0.2, -0.15) is 0 Å². The van der Waals surface area contributed by atoms with Crippen LogP contribution in [0.1, 0.15) is 41.3 Å². The predicted octanol–water partition coefficient (Wildman–Crippen LogP) is 2.46. The lowest BCUT2D eigenvalue weighted by Crippen LogP contribution is -2.09. The summed E-state index contributed by atoms with van der Waals surface area (Å²) in [6.07, 6.45) is 0. The average Bonchev–Trinajstić information content (AvgIpc) is 2.29. The number of methoxy groups -OCH3 is 1. The molecule has 6 heteroatoms. The van der Waals surface area contributed by atoms with Gasteiger partial charge < -0.3 is 9.29 Å². The highest BCUT2D eigenvalue weighted by Crippen LogP contribution is 2.24. The SMILES string of the molecule is COC(=O)c1cc(CS(=O)O)c(C(C)C)cc1F. The Morgan fingerprint density at radius 3 is 2.56 bits per heavy atom. The molecule has 0 aliphatic carbocycles. The molecule has 0 saturated carbocycles. The van der Waals surface area contributed by atoms with E-state index in [9.17, 15) is 13.4 Å². The molecular weight excluding hydrogens is 259 g/mol. The standard InChI is InChI=1S/C12H15FO4S/c1-7(2)9-5-11(13)10(12(14)17-3)4-8(9)6-18(15)16/h4-5,7H,6H2,1-3H3,(H,15,16). The highest BCUT2D eigenvalue weighted by Gasteiger charge is 2.18. The zero-order valence-corrected chi connectivity index (χ0v) is 11.2. The van der Waals surface area contributed by atoms with Crippen LogP contribution < -0.4 is 0 Å². The second-order valence-corrected chi connectivity index (χ2v) is 5.07. The summed E-state index contributed by atoms with van der Waals surface area (Å²) in [4.78, 5) is 11.4. The number of rotatable bonds is 4. The molecule has 0 bridgehead atoms. The van der Waals surface area contributed by atoms with Crippen molar-refractivity contribution in [3.05, 3.63) is 34.6 Å². The van der Waals surface area contributed by atoms with Crippen molar-refractivity contribution in [2.75, 3.05) is 7.11 Å². The lowest BCUT2D eigenvalue weighted by atomic mass is 9.95. The van der Waals surface area contributed by atoms with E-state index in [4.69, 9.17) is 4.55 Å². The van der Waals surface area contributed by atoms with E-state index in [1.54, 1.807) is 0 Å². The minimum Gasteiger partial charge on any atom is -0.465 e. The van der Waals surface area contributed by atoms with Gasteiger partial charge in [0.25, 0.3) is 0 Å². The van der Waals surface area contributed by atoms with Gasteiger partial charge in [-0.3, -0.25) is 0 Å². The van der Waals surface area contributed by atoms with Crippen LogP contribution in [0.15, 0.2) is 12.1 Å². The summed E-state index contributed by atoms with van der Waals surface area (Å²) in [7, 11) is 1.15. The van der Waals surface area contributed by atoms with Gasteiger partial charge in [-0.1, -0.05) is 13.8 Å². The van der Waals surface area contributed by atoms with Gasteiger partial charge in [0.05, 0.1) is 18.4 Å². The average molecular weight is 274 g/mol. The number of halogens is 1. The van der Waals surface area contributed by atoms with Gasteiger partial charge in [-0.15, -0.1) is 0 Å². The summed E-state index contributed by atoms with van der Waals surface area (Å²) in [6, 6.07) is 2.50. The van der Waals surface area contributed by atoms with Gasteiger partial charge in [0.2, 0.25) is 0 Å². The first-order valence-corrected chi connectivity index (χ1v) is 6.62. The lowest BCUT2D eigenvalue weighted by molar-refractivity contribution is 0.0595. The Balaban J connectivity index is 3.35. The normalized spacial score (nSPS) is 12.6. The van der Waals surface area contributed by atoms with Crippen LogP contribution in [0.2, 0.25) is 0 Å². The molecule has 1 N–H and O–H groups in total. The molecule has 1 unspecified atom stereocenters. The highest BCUT2D eigenvalue weighted by molar-refractivity contribution is 7.78. The Labute approximate surface area is 107 Å². The van der Waals surface area contributed by atoms with Gasteiger partial charge in [0.15, 0.2) is 11.1 Å². The number of hydrogen-bond acceptors (Lipinski definition) is 3. The fourth-order valence-corrected chi connectivity index (χ4v) is 2.21. The largest absolute Gasteiger partial charge is 0.465 e. The maximum atomic E-state index is 13.7. The Hall–Kier alpha value is -1.27. The van der Waals surface area contributed by atoms with Crippen molar-refractivity contribution >= 4 is 17.0 Å². The molecule has 0 amide bonds. The smallest absolute Gasteiger partial charge is 0.340 e. The predicted molar refractivity (Wildman–Crippen MR) is 66.3 cm³/mol. The number of hydrogen-bond donors (Lipinski definition) is 1. The van der Waals surface area contributed by atoms with E-state index in [2.05, 4.69) is 4.74 Å². The molecule has 4 nitrogen and oxygen atoms in total. The molecule has 0 spiro atoms. The fourth-order valence-electron chi connectivity index (χ4n) is 1.70. The summed E-state index contributed by atoms with van der Waals surface area (Å²) in [5.74, 6) is -1.63. The molecule has 0 aliphatic rings. The summed E-state index contributed by atoms with van der Waals surface area (Å²) in [6.45, 7) is 3.69. The Morgan fingerprint density at radius 2 is 2.11 bits per heavy atom. The first-order valence-electron chi connectivity index (χ1n) is 5.35. The summed E-state index contributed by atoms with van der Waals surface area (Å²) < 4.78 is 38.0. The van der Waals surface area contributed by atoms with Crippen molar-refractivity contribution in [3.63, 3.8) is 0 Å². The van der Waals surface area contributed by atoms with Crippen molar-refractivity contribution in [1.82, 2.24) is 0 Å². The number of ether oxygens (including phenoxy) is 1. The van der Waals surface area contributed by atoms with Gasteiger partial charge in [0, 0.05) is 0 Å². The molecule has 0 aromatic heterocycles. The van der Waals surface area contributed by atoms with Crippen LogP contribution >= 0.6 is 0 Å². The zero-order valence-electron chi connectivity index (χ0n) is 10.4. The van der Waals surface area contributed by atoms with Crippen molar-refractivity contribution < 1.29 is 22.7 Å². The molecule has 0 heterocycles. The molecule has 1 rings (SSSR count). The van der Waals surface area contributed by atoms with Crippen molar-refractivity contribution in [3.8, 4) is 0 Å². The van der Waals surface area contributed by atoms with Crippen LogP contribution in [-0.2, 0) is 21.6 Å². The van der Waals surface area contributed by atoms with Crippen molar-refractivity contribution in [1.29, 1.82) is 0 Å². The highest BCUT2D eigenvalue weighted by atomic mass is 32.2. The van der Waals surface area contributed by atoms with Gasteiger partial charge in [0.1, 0.15) is 5.82 Å². The second-order valence-electron chi connectivity index (χ2n) is 4.14. The first-order chi connectivity index (χ1) is 8.36. The zero-order chi connectivity index (χ0) is 13.9. The number of esters is 1.